The smallest absolute Gasteiger partial charge is 0.258 e. The second-order valence-electron chi connectivity index (χ2n) is 6.42. The summed E-state index contributed by atoms with van der Waals surface area (Å²) >= 11 is 0. The molecule has 1 fully saturated rings. The highest BCUT2D eigenvalue weighted by Gasteiger charge is 2.26. The van der Waals surface area contributed by atoms with Crippen LogP contribution in [0.4, 0.5) is 5.69 Å². The summed E-state index contributed by atoms with van der Waals surface area (Å²) in [5.41, 5.74) is 5.48. The van der Waals surface area contributed by atoms with Gasteiger partial charge >= 0.3 is 0 Å². The number of hydrogen-bond donors (Lipinski definition) is 2. The third-order valence-electron chi connectivity index (χ3n) is 4.63. The number of hydrogen-bond acceptors (Lipinski definition) is 4. The predicted octanol–water partition coefficient (Wildman–Crippen LogP) is 1.53. The van der Waals surface area contributed by atoms with Crippen LogP contribution in [-0.2, 0) is 14.4 Å². The molecule has 1 aromatic rings. The van der Waals surface area contributed by atoms with Crippen LogP contribution in [0.2, 0.25) is 0 Å². The molecule has 25 heavy (non-hydrogen) atoms. The molecule has 3 amide bonds. The number of nitrogens with one attached hydrogen (secondary N) is 2. The van der Waals surface area contributed by atoms with E-state index in [9.17, 15) is 14.4 Å². The Hall–Kier alpha value is -2.57. The van der Waals surface area contributed by atoms with Crippen LogP contribution in [0.15, 0.2) is 24.3 Å². The zero-order valence-electron chi connectivity index (χ0n) is 14.1. The van der Waals surface area contributed by atoms with Gasteiger partial charge in [0.25, 0.3) is 5.91 Å². The van der Waals surface area contributed by atoms with Crippen molar-refractivity contribution in [2.24, 2.45) is 5.92 Å². The molecule has 2 N–H and O–H groups in total. The number of hydrazine groups is 1. The number of carbonyl (C=O) groups excluding carboxylic acids is 3. The molecule has 1 heterocycles. The quantitative estimate of drug-likeness (QED) is 0.813. The first-order chi connectivity index (χ1) is 12.1. The van der Waals surface area contributed by atoms with Gasteiger partial charge < -0.3 is 4.74 Å². The maximum absolute atomic E-state index is 12.3. The molecule has 7 nitrogen and oxygen atoms in total. The summed E-state index contributed by atoms with van der Waals surface area (Å²) < 4.78 is 5.54. The van der Waals surface area contributed by atoms with Crippen molar-refractivity contribution in [1.82, 2.24) is 10.9 Å². The van der Waals surface area contributed by atoms with Crippen LogP contribution in [0.5, 0.6) is 5.75 Å². The van der Waals surface area contributed by atoms with E-state index in [1.165, 1.54) is 4.90 Å². The average Bonchev–Trinajstić information content (AvgIpc) is 2.80. The van der Waals surface area contributed by atoms with Crippen LogP contribution in [0.3, 0.4) is 0 Å². The van der Waals surface area contributed by atoms with Gasteiger partial charge in [-0.15, -0.1) is 0 Å². The molecule has 7 heteroatoms. The lowest BCUT2D eigenvalue weighted by Gasteiger charge is -2.23. The summed E-state index contributed by atoms with van der Waals surface area (Å²) in [5, 5.41) is 0. The van der Waals surface area contributed by atoms with E-state index < -0.39 is 5.91 Å². The highest BCUT2D eigenvalue weighted by Crippen LogP contribution is 2.30. The average molecular weight is 345 g/mol. The van der Waals surface area contributed by atoms with Crippen molar-refractivity contribution < 1.29 is 19.1 Å². The molecule has 1 aliphatic heterocycles. The van der Waals surface area contributed by atoms with Crippen molar-refractivity contribution in [1.29, 1.82) is 0 Å². The zero-order valence-corrected chi connectivity index (χ0v) is 14.1. The van der Waals surface area contributed by atoms with E-state index in [-0.39, 0.29) is 37.3 Å². The summed E-state index contributed by atoms with van der Waals surface area (Å²) in [5.74, 6) is -0.234. The van der Waals surface area contributed by atoms with Gasteiger partial charge in [0.15, 0.2) is 0 Å². The molecule has 0 bridgehead atoms. The topological polar surface area (TPSA) is 87.7 Å². The minimum absolute atomic E-state index is 0.0389. The third-order valence-corrected chi connectivity index (χ3v) is 4.63. The second kappa shape index (κ2) is 8.00. The van der Waals surface area contributed by atoms with Crippen molar-refractivity contribution in [2.45, 2.75) is 38.5 Å². The molecule has 0 radical (unpaired) electrons. The van der Waals surface area contributed by atoms with E-state index in [0.717, 1.165) is 32.1 Å². The van der Waals surface area contributed by atoms with Gasteiger partial charge in [-0.25, -0.2) is 0 Å². The van der Waals surface area contributed by atoms with Crippen molar-refractivity contribution in [2.75, 3.05) is 18.1 Å². The van der Waals surface area contributed by atoms with Crippen LogP contribution in [0.25, 0.3) is 0 Å². The third kappa shape index (κ3) is 4.29. The van der Waals surface area contributed by atoms with Crippen molar-refractivity contribution in [3.8, 4) is 5.75 Å². The minimum Gasteiger partial charge on any atom is -0.491 e. The van der Waals surface area contributed by atoms with Crippen LogP contribution >= 0.6 is 0 Å². The van der Waals surface area contributed by atoms with Crippen LogP contribution < -0.4 is 20.5 Å². The Morgan fingerprint density at radius 3 is 2.68 bits per heavy atom. The first kappa shape index (κ1) is 17.3. The lowest BCUT2D eigenvalue weighted by molar-refractivity contribution is -0.131. The van der Waals surface area contributed by atoms with Crippen LogP contribution in [0, 0.1) is 5.92 Å². The number of carbonyl (C=O) groups is 3. The second-order valence-corrected chi connectivity index (χ2v) is 6.42. The summed E-state index contributed by atoms with van der Waals surface area (Å²) in [6.45, 7) is 0.122. The fourth-order valence-electron chi connectivity index (χ4n) is 3.27. The number of para-hydroxylation sites is 2. The molecule has 1 aromatic carbocycles. The number of ether oxygens (including phenoxy) is 1. The van der Waals surface area contributed by atoms with Crippen molar-refractivity contribution >= 4 is 23.4 Å². The molecule has 1 aliphatic carbocycles. The molecular weight excluding hydrogens is 322 g/mol. The number of fused-ring (bicyclic) bond motifs is 1. The van der Waals surface area contributed by atoms with E-state index in [1.54, 1.807) is 18.2 Å². The lowest BCUT2D eigenvalue weighted by atomic mass is 9.89. The van der Waals surface area contributed by atoms with Gasteiger partial charge in [0.05, 0.1) is 18.7 Å². The molecule has 0 atom stereocenters. The predicted molar refractivity (Wildman–Crippen MR) is 91.8 cm³/mol. The Morgan fingerprint density at radius 2 is 1.88 bits per heavy atom. The maximum atomic E-state index is 12.3. The van der Waals surface area contributed by atoms with Gasteiger partial charge in [0.1, 0.15) is 12.3 Å². The summed E-state index contributed by atoms with van der Waals surface area (Å²) in [6.07, 6.45) is 5.18. The Labute approximate surface area is 146 Å². The van der Waals surface area contributed by atoms with Gasteiger partial charge in [-0.1, -0.05) is 31.4 Å². The maximum Gasteiger partial charge on any atom is 0.258 e. The van der Waals surface area contributed by atoms with Crippen LogP contribution in [-0.4, -0.2) is 30.9 Å². The molecular formula is C18H23N3O4. The normalized spacial score (nSPS) is 17.9. The Balaban J connectivity index is 1.58. The molecule has 134 valence electrons. The Kier molecular flexibility index (Phi) is 5.53. The Morgan fingerprint density at radius 1 is 1.12 bits per heavy atom. The number of benzene rings is 1. The van der Waals surface area contributed by atoms with E-state index in [1.807, 2.05) is 6.07 Å². The van der Waals surface area contributed by atoms with Gasteiger partial charge in [-0.2, -0.15) is 0 Å². The number of amides is 3. The summed E-state index contributed by atoms with van der Waals surface area (Å²) in [7, 11) is 0. The van der Waals surface area contributed by atoms with Crippen molar-refractivity contribution in [3.63, 3.8) is 0 Å². The van der Waals surface area contributed by atoms with E-state index in [4.69, 9.17) is 4.74 Å². The fraction of sp³-hybridized carbons (Fsp3) is 0.500. The molecule has 0 saturated heterocycles. The lowest BCUT2D eigenvalue weighted by Crippen LogP contribution is -2.49. The summed E-state index contributed by atoms with van der Waals surface area (Å²) in [4.78, 5) is 38.0. The molecule has 1 saturated carbocycles. The monoisotopic (exact) mass is 345 g/mol. The van der Waals surface area contributed by atoms with Gasteiger partial charge in [0.2, 0.25) is 11.8 Å². The summed E-state index contributed by atoms with van der Waals surface area (Å²) in [6, 6.07) is 7.12. The van der Waals surface area contributed by atoms with E-state index >= 15 is 0 Å². The van der Waals surface area contributed by atoms with Crippen LogP contribution in [0.1, 0.15) is 38.5 Å². The number of nitrogens with zero attached hydrogens (tertiary/aromatic N) is 1. The largest absolute Gasteiger partial charge is 0.491 e. The van der Waals surface area contributed by atoms with Gasteiger partial charge in [0, 0.05) is 5.92 Å². The fourth-order valence-corrected chi connectivity index (χ4v) is 3.27. The molecule has 0 unspecified atom stereocenters. The minimum atomic E-state index is -0.436. The highest BCUT2D eigenvalue weighted by molar-refractivity contribution is 6.00. The Bertz CT molecular complexity index is 655. The van der Waals surface area contributed by atoms with Crippen molar-refractivity contribution in [3.05, 3.63) is 24.3 Å². The zero-order chi connectivity index (χ0) is 17.6. The SMILES string of the molecule is O=C(CN1C(=O)CCOc2ccccc21)NNC(=O)C1CCCCC1. The number of rotatable bonds is 3. The van der Waals surface area contributed by atoms with Gasteiger partial charge in [-0.3, -0.25) is 30.1 Å². The highest BCUT2D eigenvalue weighted by atomic mass is 16.5. The first-order valence-corrected chi connectivity index (χ1v) is 8.76. The standard InChI is InChI=1S/C18H23N3O4/c22-16(19-20-18(24)13-6-2-1-3-7-13)12-21-14-8-4-5-9-15(14)25-11-10-17(21)23/h4-5,8-9,13H,1-3,6-7,10-12H2,(H,19,22)(H,20,24). The first-order valence-electron chi connectivity index (χ1n) is 8.76. The number of anilines is 1. The molecule has 2 aliphatic rings. The van der Waals surface area contributed by atoms with E-state index in [2.05, 4.69) is 10.9 Å². The molecule has 3 rings (SSSR count). The molecule has 0 spiro atoms. The molecule has 0 aromatic heterocycles. The van der Waals surface area contributed by atoms with E-state index in [0.29, 0.717) is 11.4 Å². The van der Waals surface area contributed by atoms with Gasteiger partial charge in [-0.05, 0) is 25.0 Å².